The van der Waals surface area contributed by atoms with E-state index in [0.29, 0.717) is 24.5 Å². The molecule has 5 rings (SSSR count). The zero-order chi connectivity index (χ0) is 24.2. The number of benzene rings is 2. The first kappa shape index (κ1) is 22.8. The lowest BCUT2D eigenvalue weighted by atomic mass is 9.94. The van der Waals surface area contributed by atoms with Gasteiger partial charge >= 0.3 is 0 Å². The zero-order valence-electron chi connectivity index (χ0n) is 19.5. The molecule has 1 N–H and O–H groups in total. The number of hydrogen-bond acceptors (Lipinski definition) is 5. The number of likely N-dealkylation sites (tertiary alicyclic amines) is 1. The van der Waals surface area contributed by atoms with Crippen molar-refractivity contribution in [2.75, 3.05) is 29.9 Å². The molecule has 0 bridgehead atoms. The Morgan fingerprint density at radius 2 is 1.77 bits per heavy atom. The molecule has 2 aliphatic heterocycles. The number of nitrogens with zero attached hydrogens (tertiary/aromatic N) is 5. The molecule has 3 amide bonds. The number of aromatic nitrogens is 3. The highest BCUT2D eigenvalue weighted by molar-refractivity contribution is 6.10. The molecule has 1 saturated heterocycles. The van der Waals surface area contributed by atoms with Crippen LogP contribution in [0.3, 0.4) is 0 Å². The van der Waals surface area contributed by atoms with Crippen LogP contribution in [0.25, 0.3) is 5.69 Å². The second kappa shape index (κ2) is 10.1. The third-order valence-corrected chi connectivity index (χ3v) is 6.62. The fraction of sp³-hybridized carbons (Fsp3) is 0.346. The van der Waals surface area contributed by atoms with Gasteiger partial charge in [0.2, 0.25) is 17.7 Å². The first-order valence-corrected chi connectivity index (χ1v) is 12.0. The number of rotatable bonds is 6. The summed E-state index contributed by atoms with van der Waals surface area (Å²) >= 11 is 0. The van der Waals surface area contributed by atoms with Gasteiger partial charge in [0.05, 0.1) is 11.4 Å². The largest absolute Gasteiger partial charge is 0.342 e. The highest BCUT2D eigenvalue weighted by atomic mass is 16.2. The number of carbonyl (C=O) groups excluding carboxylic acids is 3. The van der Waals surface area contributed by atoms with Gasteiger partial charge in [-0.15, -0.1) is 10.2 Å². The number of nitrogens with one attached hydrogen (secondary N) is 1. The Kier molecular flexibility index (Phi) is 6.56. The molecule has 0 saturated carbocycles. The van der Waals surface area contributed by atoms with E-state index in [1.54, 1.807) is 18.5 Å². The minimum absolute atomic E-state index is 0.0256. The molecular weight excluding hydrogens is 444 g/mol. The molecule has 9 nitrogen and oxygen atoms in total. The minimum Gasteiger partial charge on any atom is -0.342 e. The maximum atomic E-state index is 13.0. The molecule has 3 heterocycles. The molecule has 3 aromatic rings. The zero-order valence-corrected chi connectivity index (χ0v) is 19.5. The van der Waals surface area contributed by atoms with E-state index < -0.39 is 0 Å². The van der Waals surface area contributed by atoms with Crippen LogP contribution in [0.5, 0.6) is 0 Å². The number of anilines is 2. The summed E-state index contributed by atoms with van der Waals surface area (Å²) in [6, 6.07) is 17.2. The fourth-order valence-corrected chi connectivity index (χ4v) is 4.88. The van der Waals surface area contributed by atoms with Crippen LogP contribution in [0.1, 0.15) is 31.5 Å². The second-order valence-corrected chi connectivity index (χ2v) is 9.05. The molecule has 1 unspecified atom stereocenters. The Bertz CT molecular complexity index is 1220. The van der Waals surface area contributed by atoms with Crippen molar-refractivity contribution in [2.45, 2.75) is 32.1 Å². The molecule has 180 valence electrons. The standard InChI is InChI=1S/C26H28N6O3/c33-24-17-31(22-11-5-4-10-21(22)28-24)26(35)13-12-25(34)30-14-6-7-19(16-30)15-23-29-27-18-32(23)20-8-2-1-3-9-20/h1-5,8-11,18-19H,6-7,12-17H2,(H,28,33). The van der Waals surface area contributed by atoms with E-state index in [2.05, 4.69) is 15.5 Å². The minimum atomic E-state index is -0.231. The molecule has 1 fully saturated rings. The van der Waals surface area contributed by atoms with Crippen molar-refractivity contribution < 1.29 is 14.4 Å². The molecule has 0 radical (unpaired) electrons. The van der Waals surface area contributed by atoms with Gasteiger partial charge in [-0.3, -0.25) is 19.0 Å². The van der Waals surface area contributed by atoms with Gasteiger partial charge in [-0.25, -0.2) is 0 Å². The predicted octanol–water partition coefficient (Wildman–Crippen LogP) is 2.81. The van der Waals surface area contributed by atoms with E-state index in [1.807, 2.05) is 51.9 Å². The van der Waals surface area contributed by atoms with Crippen molar-refractivity contribution in [3.05, 3.63) is 66.7 Å². The molecule has 1 atom stereocenters. The number of fused-ring (bicyclic) bond motifs is 1. The van der Waals surface area contributed by atoms with Gasteiger partial charge in [0.15, 0.2) is 0 Å². The van der Waals surface area contributed by atoms with Crippen LogP contribution in [0, 0.1) is 5.92 Å². The Morgan fingerprint density at radius 3 is 2.63 bits per heavy atom. The lowest BCUT2D eigenvalue weighted by Gasteiger charge is -2.33. The summed E-state index contributed by atoms with van der Waals surface area (Å²) < 4.78 is 1.99. The summed E-state index contributed by atoms with van der Waals surface area (Å²) in [6.45, 7) is 1.31. The molecule has 1 aromatic heterocycles. The van der Waals surface area contributed by atoms with Gasteiger partial charge in [0, 0.05) is 38.0 Å². The Labute approximate surface area is 203 Å². The van der Waals surface area contributed by atoms with E-state index >= 15 is 0 Å². The maximum absolute atomic E-state index is 13.0. The summed E-state index contributed by atoms with van der Waals surface area (Å²) in [5.74, 6) is 0.693. The summed E-state index contributed by atoms with van der Waals surface area (Å²) in [5.41, 5.74) is 2.30. The Hall–Kier alpha value is -4.01. The highest BCUT2D eigenvalue weighted by Crippen LogP contribution is 2.29. The molecule has 2 aromatic carbocycles. The van der Waals surface area contributed by atoms with E-state index in [-0.39, 0.29) is 43.0 Å². The average molecular weight is 473 g/mol. The highest BCUT2D eigenvalue weighted by Gasteiger charge is 2.29. The third-order valence-electron chi connectivity index (χ3n) is 6.62. The number of amides is 3. The van der Waals surface area contributed by atoms with Crippen LogP contribution in [-0.2, 0) is 20.8 Å². The normalized spacial score (nSPS) is 17.6. The molecule has 0 aliphatic carbocycles. The Morgan fingerprint density at radius 1 is 1.00 bits per heavy atom. The van der Waals surface area contributed by atoms with Gasteiger partial charge in [0.1, 0.15) is 18.7 Å². The van der Waals surface area contributed by atoms with Gasteiger partial charge in [-0.2, -0.15) is 0 Å². The topological polar surface area (TPSA) is 100 Å². The summed E-state index contributed by atoms with van der Waals surface area (Å²) in [4.78, 5) is 41.2. The lowest BCUT2D eigenvalue weighted by molar-refractivity contribution is -0.134. The van der Waals surface area contributed by atoms with Crippen LogP contribution in [0.15, 0.2) is 60.9 Å². The van der Waals surface area contributed by atoms with Gasteiger partial charge < -0.3 is 15.1 Å². The summed E-state index contributed by atoms with van der Waals surface area (Å²) in [7, 11) is 0. The smallest absolute Gasteiger partial charge is 0.244 e. The predicted molar refractivity (Wildman–Crippen MR) is 131 cm³/mol. The summed E-state index contributed by atoms with van der Waals surface area (Å²) in [6.07, 6.45) is 4.60. The average Bonchev–Trinajstić information content (AvgIpc) is 3.35. The van der Waals surface area contributed by atoms with Gasteiger partial charge in [-0.05, 0) is 43.0 Å². The maximum Gasteiger partial charge on any atom is 0.244 e. The monoisotopic (exact) mass is 472 g/mol. The van der Waals surface area contributed by atoms with Gasteiger partial charge in [0.25, 0.3) is 0 Å². The van der Waals surface area contributed by atoms with Crippen molar-refractivity contribution in [3.63, 3.8) is 0 Å². The number of hydrogen-bond donors (Lipinski definition) is 1. The van der Waals surface area contributed by atoms with E-state index in [0.717, 1.165) is 30.8 Å². The number of carbonyl (C=O) groups is 3. The molecular formula is C26H28N6O3. The third kappa shape index (κ3) is 5.08. The molecule has 0 spiro atoms. The van der Waals surface area contributed by atoms with Crippen LogP contribution >= 0.6 is 0 Å². The van der Waals surface area contributed by atoms with Crippen molar-refractivity contribution in [1.29, 1.82) is 0 Å². The van der Waals surface area contributed by atoms with Gasteiger partial charge in [-0.1, -0.05) is 30.3 Å². The van der Waals surface area contributed by atoms with Crippen LogP contribution in [0.4, 0.5) is 11.4 Å². The van der Waals surface area contributed by atoms with Crippen molar-refractivity contribution in [2.24, 2.45) is 5.92 Å². The molecule has 9 heteroatoms. The fourth-order valence-electron chi connectivity index (χ4n) is 4.88. The van der Waals surface area contributed by atoms with Crippen molar-refractivity contribution in [3.8, 4) is 5.69 Å². The van der Waals surface area contributed by atoms with Crippen molar-refractivity contribution in [1.82, 2.24) is 19.7 Å². The van der Waals surface area contributed by atoms with E-state index in [9.17, 15) is 14.4 Å². The van der Waals surface area contributed by atoms with E-state index in [4.69, 9.17) is 0 Å². The number of para-hydroxylation sites is 3. The molecule has 2 aliphatic rings. The molecule has 35 heavy (non-hydrogen) atoms. The first-order valence-electron chi connectivity index (χ1n) is 12.0. The Balaban J connectivity index is 1.18. The van der Waals surface area contributed by atoms with Crippen LogP contribution in [-0.4, -0.2) is 57.0 Å². The van der Waals surface area contributed by atoms with Crippen molar-refractivity contribution >= 4 is 29.1 Å². The van der Waals surface area contributed by atoms with Crippen LogP contribution < -0.4 is 10.2 Å². The van der Waals surface area contributed by atoms with Crippen LogP contribution in [0.2, 0.25) is 0 Å². The SMILES string of the molecule is O=C1CN(C(=O)CCC(=O)N2CCCC(Cc3nncn3-c3ccccc3)C2)c2ccccc2N1. The first-order chi connectivity index (χ1) is 17.1. The quantitative estimate of drug-likeness (QED) is 0.595. The lowest BCUT2D eigenvalue weighted by Crippen LogP contribution is -2.43. The second-order valence-electron chi connectivity index (χ2n) is 9.05. The van der Waals surface area contributed by atoms with E-state index in [1.165, 1.54) is 4.90 Å². The number of piperidine rings is 1. The summed E-state index contributed by atoms with van der Waals surface area (Å²) in [5, 5.41) is 11.2.